The summed E-state index contributed by atoms with van der Waals surface area (Å²) in [5, 5.41) is 7.36. The molecule has 3 aliphatic rings. The summed E-state index contributed by atoms with van der Waals surface area (Å²) in [6, 6.07) is 12.2. The van der Waals surface area contributed by atoms with E-state index in [9.17, 15) is 19.2 Å². The summed E-state index contributed by atoms with van der Waals surface area (Å²) < 4.78 is 27.1. The molecular weight excluding hydrogens is 821 g/mol. The number of nitrogens with zero attached hydrogens (tertiary/aromatic N) is 4. The van der Waals surface area contributed by atoms with Crippen LogP contribution in [-0.4, -0.2) is 120 Å². The van der Waals surface area contributed by atoms with Crippen LogP contribution in [0.5, 0.6) is 5.75 Å². The Morgan fingerprint density at radius 1 is 0.859 bits per heavy atom. The quantitative estimate of drug-likeness (QED) is 0.0988. The number of benzene rings is 3. The highest BCUT2D eigenvalue weighted by atomic mass is 16.5. The lowest BCUT2D eigenvalue weighted by Crippen LogP contribution is -2.54. The molecular formula is C47H58N8O9. The van der Waals surface area contributed by atoms with E-state index in [1.54, 1.807) is 18.9 Å². The molecule has 0 saturated carbocycles. The number of aromatic nitrogens is 4. The van der Waals surface area contributed by atoms with Crippen molar-refractivity contribution < 1.29 is 42.9 Å². The number of imidazole rings is 2. The second-order valence-corrected chi connectivity index (χ2v) is 17.5. The number of carbonyl (C=O) groups is 4. The lowest BCUT2D eigenvalue weighted by molar-refractivity contribution is -0.138. The Hall–Kier alpha value is -6.20. The van der Waals surface area contributed by atoms with E-state index >= 15 is 0 Å². The highest BCUT2D eigenvalue weighted by Gasteiger charge is 2.43. The normalized spacial score (nSPS) is 21.1. The largest absolute Gasteiger partial charge is 0.488 e. The van der Waals surface area contributed by atoms with Gasteiger partial charge in [0.2, 0.25) is 11.8 Å². The number of amides is 4. The Bertz CT molecular complexity index is 2560. The maximum Gasteiger partial charge on any atom is 0.407 e. The molecule has 5 heterocycles. The van der Waals surface area contributed by atoms with E-state index in [-0.39, 0.29) is 35.6 Å². The molecule has 3 aliphatic heterocycles. The molecule has 4 N–H and O–H groups in total. The predicted octanol–water partition coefficient (Wildman–Crippen LogP) is 6.64. The average molecular weight is 879 g/mol. The monoisotopic (exact) mass is 878 g/mol. The van der Waals surface area contributed by atoms with Gasteiger partial charge in [-0.05, 0) is 77.9 Å². The smallest absolute Gasteiger partial charge is 0.407 e. The van der Waals surface area contributed by atoms with Crippen LogP contribution < -0.4 is 15.4 Å². The fraction of sp³-hybridized carbons (Fsp3) is 0.489. The van der Waals surface area contributed by atoms with Gasteiger partial charge in [0.25, 0.3) is 0 Å². The molecule has 17 heteroatoms. The summed E-state index contributed by atoms with van der Waals surface area (Å²) in [5.74, 6) is 1.89. The number of hydrogen-bond donors (Lipinski definition) is 4. The molecule has 1 unspecified atom stereocenters. The first-order chi connectivity index (χ1) is 30.8. The van der Waals surface area contributed by atoms with Gasteiger partial charge in [0.15, 0.2) is 0 Å². The average Bonchev–Trinajstić information content (AvgIpc) is 4.14. The van der Waals surface area contributed by atoms with Crippen LogP contribution >= 0.6 is 0 Å². The first-order valence-corrected chi connectivity index (χ1v) is 21.9. The number of aromatic amines is 2. The first-order valence-electron chi connectivity index (χ1n) is 21.9. The van der Waals surface area contributed by atoms with Crippen molar-refractivity contribution in [2.24, 2.45) is 17.8 Å². The van der Waals surface area contributed by atoms with Gasteiger partial charge in [-0.2, -0.15) is 0 Å². The fourth-order valence-corrected chi connectivity index (χ4v) is 9.55. The van der Waals surface area contributed by atoms with Crippen molar-refractivity contribution in [3.63, 3.8) is 0 Å². The molecule has 2 aromatic heterocycles. The van der Waals surface area contributed by atoms with Gasteiger partial charge in [0, 0.05) is 44.2 Å². The third-order valence-corrected chi connectivity index (χ3v) is 13.3. The molecule has 8 atom stereocenters. The highest BCUT2D eigenvalue weighted by Crippen LogP contribution is 2.44. The molecule has 2 fully saturated rings. The molecule has 5 aromatic rings. The van der Waals surface area contributed by atoms with Crippen molar-refractivity contribution in [2.75, 3.05) is 48.1 Å². The zero-order chi connectivity index (χ0) is 45.4. The number of hydrogen-bond acceptors (Lipinski definition) is 11. The van der Waals surface area contributed by atoms with Crippen molar-refractivity contribution in [3.05, 3.63) is 65.9 Å². The van der Waals surface area contributed by atoms with Gasteiger partial charge in [-0.3, -0.25) is 9.59 Å². The number of fused-ring (bicyclic) bond motifs is 6. The molecule has 4 amide bonds. The minimum Gasteiger partial charge on any atom is -0.488 e. The number of nitrogens with one attached hydrogen (secondary N) is 4. The van der Waals surface area contributed by atoms with Crippen LogP contribution in [0, 0.1) is 17.8 Å². The SMILES string of the molecule is CC[C@H](C)C(NC(=O)OC)C(=O)N1C[C@@H](C)C[C@H]1c1ncc(-c2ccc3c(c2)COc2cc4c(ccc5nc([C@@H]6C[C@H](COC)CN6C(=O)[C@@H](NC(=O)OC)[C@@H](C)OC)[nH]c54)cc2-3)[nH]1. The van der Waals surface area contributed by atoms with Crippen LogP contribution in [-0.2, 0) is 35.1 Å². The second kappa shape index (κ2) is 18.5. The number of carbonyl (C=O) groups excluding carboxylic acids is 4. The molecule has 64 heavy (non-hydrogen) atoms. The Kier molecular flexibility index (Phi) is 12.8. The maximum atomic E-state index is 14.1. The Balaban J connectivity index is 1.05. The van der Waals surface area contributed by atoms with Crippen molar-refractivity contribution in [2.45, 2.75) is 83.8 Å². The summed E-state index contributed by atoms with van der Waals surface area (Å²) in [6.07, 6.45) is 1.94. The van der Waals surface area contributed by atoms with Gasteiger partial charge in [-0.1, -0.05) is 45.4 Å². The van der Waals surface area contributed by atoms with E-state index in [0.29, 0.717) is 50.8 Å². The number of rotatable bonds is 13. The number of methoxy groups -OCH3 is 4. The molecule has 0 bridgehead atoms. The summed E-state index contributed by atoms with van der Waals surface area (Å²) in [6.45, 7) is 9.62. The summed E-state index contributed by atoms with van der Waals surface area (Å²) in [7, 11) is 5.69. The van der Waals surface area contributed by atoms with E-state index in [1.165, 1.54) is 21.3 Å². The maximum absolute atomic E-state index is 14.1. The number of ether oxygens (including phenoxy) is 5. The number of likely N-dealkylation sites (tertiary alicyclic amines) is 2. The zero-order valence-electron chi connectivity index (χ0n) is 37.7. The lowest BCUT2D eigenvalue weighted by atomic mass is 9.92. The van der Waals surface area contributed by atoms with E-state index in [4.69, 9.17) is 33.7 Å². The fourth-order valence-electron chi connectivity index (χ4n) is 9.55. The summed E-state index contributed by atoms with van der Waals surface area (Å²) >= 11 is 0. The molecule has 0 spiro atoms. The molecule has 340 valence electrons. The van der Waals surface area contributed by atoms with Crippen LogP contribution in [0.4, 0.5) is 9.59 Å². The van der Waals surface area contributed by atoms with Crippen LogP contribution in [0.1, 0.15) is 76.3 Å². The van der Waals surface area contributed by atoms with Crippen LogP contribution in [0.2, 0.25) is 0 Å². The third kappa shape index (κ3) is 8.45. The van der Waals surface area contributed by atoms with E-state index in [0.717, 1.165) is 61.9 Å². The Morgan fingerprint density at radius 3 is 2.30 bits per heavy atom. The van der Waals surface area contributed by atoms with Gasteiger partial charge in [-0.25, -0.2) is 19.6 Å². The topological polar surface area (TPSA) is 202 Å². The van der Waals surface area contributed by atoms with Crippen LogP contribution in [0.25, 0.3) is 44.2 Å². The van der Waals surface area contributed by atoms with Crippen LogP contribution in [0.3, 0.4) is 0 Å². The highest BCUT2D eigenvalue weighted by molar-refractivity contribution is 6.07. The first kappa shape index (κ1) is 44.4. The zero-order valence-corrected chi connectivity index (χ0v) is 37.7. The summed E-state index contributed by atoms with van der Waals surface area (Å²) in [5.41, 5.74) is 6.44. The van der Waals surface area contributed by atoms with E-state index in [1.807, 2.05) is 37.1 Å². The van der Waals surface area contributed by atoms with Crippen molar-refractivity contribution in [1.82, 2.24) is 40.4 Å². The molecule has 17 nitrogen and oxygen atoms in total. The van der Waals surface area contributed by atoms with Crippen molar-refractivity contribution in [1.29, 1.82) is 0 Å². The number of alkyl carbamates (subject to hydrolysis) is 2. The predicted molar refractivity (Wildman–Crippen MR) is 238 cm³/mol. The molecule has 0 radical (unpaired) electrons. The van der Waals surface area contributed by atoms with Crippen LogP contribution in [0.15, 0.2) is 48.7 Å². The van der Waals surface area contributed by atoms with Gasteiger partial charge >= 0.3 is 12.2 Å². The second-order valence-electron chi connectivity index (χ2n) is 17.5. The van der Waals surface area contributed by atoms with Crippen molar-refractivity contribution in [3.8, 4) is 28.1 Å². The van der Waals surface area contributed by atoms with Gasteiger partial charge in [-0.15, -0.1) is 0 Å². The minimum atomic E-state index is -0.971. The molecule has 3 aromatic carbocycles. The number of H-pyrrole nitrogens is 2. The minimum absolute atomic E-state index is 0.0552. The van der Waals surface area contributed by atoms with Crippen molar-refractivity contribution >= 4 is 45.8 Å². The van der Waals surface area contributed by atoms with Gasteiger partial charge in [0.05, 0.1) is 61.9 Å². The molecule has 2 saturated heterocycles. The molecule has 0 aliphatic carbocycles. The Morgan fingerprint density at radius 2 is 1.58 bits per heavy atom. The summed E-state index contributed by atoms with van der Waals surface area (Å²) in [4.78, 5) is 73.1. The third-order valence-electron chi connectivity index (χ3n) is 13.3. The van der Waals surface area contributed by atoms with E-state index in [2.05, 4.69) is 57.9 Å². The van der Waals surface area contributed by atoms with Gasteiger partial charge < -0.3 is 54.1 Å². The molecule has 8 rings (SSSR count). The van der Waals surface area contributed by atoms with E-state index < -0.39 is 36.4 Å². The Labute approximate surface area is 371 Å². The standard InChI is InChI=1S/C47H58N8O9/c1-9-25(3)39(52-46(58)62-7)44(56)54-20-24(2)14-36(54)42-48-19-35(50-42)29-10-12-31-30(16-29)23-64-38-18-32-28(17-33(31)38)11-13-34-41(32)51-43(49-34)37-15-27(22-60-5)21-55(37)45(57)40(26(4)61-6)53-47(59)63-8/h10-13,16-19,24-27,36-37,39-40H,9,14-15,20-23H2,1-8H3,(H,48,50)(H,49,51)(H,52,58)(H,53,59)/t24-,25-,26+,27-,36-,37-,39?,40-/m0/s1. The lowest BCUT2D eigenvalue weighted by Gasteiger charge is -2.30. The van der Waals surface area contributed by atoms with Gasteiger partial charge in [0.1, 0.15) is 36.1 Å².